The number of aromatic nitrogens is 4. The Morgan fingerprint density at radius 2 is 1.69 bits per heavy atom. The van der Waals surface area contributed by atoms with Gasteiger partial charge in [0.1, 0.15) is 0 Å². The lowest BCUT2D eigenvalue weighted by molar-refractivity contribution is -0.115. The highest BCUT2D eigenvalue weighted by atomic mass is 16.2. The summed E-state index contributed by atoms with van der Waals surface area (Å²) in [4.78, 5) is 30.4. The van der Waals surface area contributed by atoms with E-state index in [1.54, 1.807) is 6.33 Å². The number of nitrogens with zero attached hydrogens (tertiary/aromatic N) is 4. The summed E-state index contributed by atoms with van der Waals surface area (Å²) < 4.78 is 4.12. The molecule has 0 aliphatic heterocycles. The molecule has 2 amide bonds. The van der Waals surface area contributed by atoms with Gasteiger partial charge in [0.25, 0.3) is 0 Å². The number of rotatable bonds is 7. The number of para-hydroxylation sites is 1. The van der Waals surface area contributed by atoms with E-state index in [-0.39, 0.29) is 19.2 Å². The van der Waals surface area contributed by atoms with Gasteiger partial charge in [-0.3, -0.25) is 9.59 Å². The maximum atomic E-state index is 11.1. The molecule has 0 spiro atoms. The first-order valence-corrected chi connectivity index (χ1v) is 11.5. The summed E-state index contributed by atoms with van der Waals surface area (Å²) in [7, 11) is 0. The predicted molar refractivity (Wildman–Crippen MR) is 145 cm³/mol. The number of imidazole rings is 2. The van der Waals surface area contributed by atoms with Crippen LogP contribution in [0.15, 0.2) is 73.6 Å². The second-order valence-electron chi connectivity index (χ2n) is 8.39. The number of carbonyl (C=O) groups is 2. The van der Waals surface area contributed by atoms with Crippen molar-refractivity contribution in [1.82, 2.24) is 19.1 Å². The number of aryl methyl sites for hydroxylation is 4. The zero-order valence-corrected chi connectivity index (χ0v) is 20.7. The molecule has 4 aromatic rings. The standard InChI is InChI=1S/C14H17N3O.C13H15N3O.CH4/c1-11-9-17(10-15-11)8-7-13-5-3-4-6-14(13)16-12(2)18;1-10-7-14-9-16(10)8-12-4-3-5-13(6-12)15-11(2)17;/h3-6,9-10H,7-8H2,1-2H3,(H,16,18);3-7,9H,8H2,1-2H3,(H,15,17);1H4. The van der Waals surface area contributed by atoms with Crippen molar-refractivity contribution in [3.05, 3.63) is 96.1 Å². The van der Waals surface area contributed by atoms with E-state index >= 15 is 0 Å². The molecular formula is C28H36N6O2. The summed E-state index contributed by atoms with van der Waals surface area (Å²) in [6.45, 7) is 8.64. The fourth-order valence-electron chi connectivity index (χ4n) is 3.59. The highest BCUT2D eigenvalue weighted by molar-refractivity contribution is 5.89. The minimum Gasteiger partial charge on any atom is -0.337 e. The minimum atomic E-state index is -0.0547. The lowest BCUT2D eigenvalue weighted by Gasteiger charge is -2.09. The second kappa shape index (κ2) is 13.6. The van der Waals surface area contributed by atoms with Crippen molar-refractivity contribution >= 4 is 23.2 Å². The zero-order chi connectivity index (χ0) is 25.2. The molecule has 0 aliphatic rings. The number of anilines is 2. The van der Waals surface area contributed by atoms with Gasteiger partial charge in [0.15, 0.2) is 0 Å². The molecule has 2 aromatic heterocycles. The highest BCUT2D eigenvalue weighted by Gasteiger charge is 2.04. The molecule has 0 bridgehead atoms. The molecule has 0 saturated carbocycles. The molecule has 2 aromatic carbocycles. The topological polar surface area (TPSA) is 93.8 Å². The summed E-state index contributed by atoms with van der Waals surface area (Å²) in [5.41, 5.74) is 6.13. The van der Waals surface area contributed by atoms with E-state index in [1.807, 2.05) is 81.1 Å². The van der Waals surface area contributed by atoms with Crippen LogP contribution in [-0.4, -0.2) is 30.9 Å². The van der Waals surface area contributed by atoms with Crippen molar-refractivity contribution in [3.63, 3.8) is 0 Å². The summed E-state index contributed by atoms with van der Waals surface area (Å²) in [5.74, 6) is -0.0955. The van der Waals surface area contributed by atoms with Crippen LogP contribution in [0.1, 0.15) is 43.8 Å². The summed E-state index contributed by atoms with van der Waals surface area (Å²) in [5, 5.41) is 5.63. The number of carbonyl (C=O) groups excluding carboxylic acids is 2. The van der Waals surface area contributed by atoms with Crippen molar-refractivity contribution in [2.24, 2.45) is 0 Å². The molecule has 0 unspecified atom stereocenters. The van der Waals surface area contributed by atoms with E-state index in [2.05, 4.69) is 29.7 Å². The Kier molecular flexibility index (Phi) is 10.6. The van der Waals surface area contributed by atoms with Gasteiger partial charge < -0.3 is 19.8 Å². The molecule has 0 radical (unpaired) electrons. The van der Waals surface area contributed by atoms with Crippen LogP contribution in [0, 0.1) is 13.8 Å². The third kappa shape index (κ3) is 8.87. The summed E-state index contributed by atoms with van der Waals surface area (Å²) in [6, 6.07) is 15.7. The second-order valence-corrected chi connectivity index (χ2v) is 8.39. The molecule has 4 rings (SSSR count). The fourth-order valence-corrected chi connectivity index (χ4v) is 3.59. The smallest absolute Gasteiger partial charge is 0.221 e. The number of amides is 2. The van der Waals surface area contributed by atoms with E-state index < -0.39 is 0 Å². The number of hydrogen-bond donors (Lipinski definition) is 2. The molecule has 2 heterocycles. The van der Waals surface area contributed by atoms with Crippen LogP contribution < -0.4 is 10.6 Å². The lowest BCUT2D eigenvalue weighted by Crippen LogP contribution is -2.09. The molecule has 0 saturated heterocycles. The average Bonchev–Trinajstić information content (AvgIpc) is 3.41. The van der Waals surface area contributed by atoms with Crippen LogP contribution in [0.25, 0.3) is 0 Å². The Hall–Kier alpha value is -4.20. The Morgan fingerprint density at radius 1 is 0.944 bits per heavy atom. The molecule has 2 N–H and O–H groups in total. The Balaban J connectivity index is 0.000000247. The van der Waals surface area contributed by atoms with Gasteiger partial charge in [-0.2, -0.15) is 0 Å². The first-order valence-electron chi connectivity index (χ1n) is 11.5. The molecule has 8 heteroatoms. The minimum absolute atomic E-state index is 0. The van der Waals surface area contributed by atoms with Gasteiger partial charge in [-0.05, 0) is 49.6 Å². The van der Waals surface area contributed by atoms with Gasteiger partial charge in [-0.1, -0.05) is 37.8 Å². The van der Waals surface area contributed by atoms with E-state index in [0.29, 0.717) is 0 Å². The number of nitrogens with one attached hydrogen (secondary N) is 2. The third-order valence-corrected chi connectivity index (χ3v) is 5.25. The van der Waals surface area contributed by atoms with Crippen molar-refractivity contribution in [3.8, 4) is 0 Å². The van der Waals surface area contributed by atoms with E-state index in [9.17, 15) is 9.59 Å². The summed E-state index contributed by atoms with van der Waals surface area (Å²) >= 11 is 0. The van der Waals surface area contributed by atoms with Crippen molar-refractivity contribution < 1.29 is 9.59 Å². The van der Waals surface area contributed by atoms with Gasteiger partial charge in [-0.15, -0.1) is 0 Å². The molecule has 8 nitrogen and oxygen atoms in total. The van der Waals surface area contributed by atoms with Gasteiger partial charge in [0.2, 0.25) is 11.8 Å². The first-order chi connectivity index (χ1) is 16.8. The van der Waals surface area contributed by atoms with E-state index in [1.165, 1.54) is 13.8 Å². The number of benzene rings is 2. The number of hydrogen-bond acceptors (Lipinski definition) is 4. The lowest BCUT2D eigenvalue weighted by atomic mass is 10.1. The van der Waals surface area contributed by atoms with Gasteiger partial charge in [-0.25, -0.2) is 9.97 Å². The van der Waals surface area contributed by atoms with E-state index in [0.717, 1.165) is 53.4 Å². The quantitative estimate of drug-likeness (QED) is 0.373. The van der Waals surface area contributed by atoms with Gasteiger partial charge in [0, 0.05) is 56.4 Å². The highest BCUT2D eigenvalue weighted by Crippen LogP contribution is 2.16. The van der Waals surface area contributed by atoms with Crippen molar-refractivity contribution in [1.29, 1.82) is 0 Å². The molecule has 0 aliphatic carbocycles. The predicted octanol–water partition coefficient (Wildman–Crippen LogP) is 5.23. The molecule has 190 valence electrons. The Bertz CT molecular complexity index is 1270. The maximum absolute atomic E-state index is 11.1. The van der Waals surface area contributed by atoms with Crippen LogP contribution in [0.4, 0.5) is 11.4 Å². The monoisotopic (exact) mass is 488 g/mol. The largest absolute Gasteiger partial charge is 0.337 e. The molecule has 0 atom stereocenters. The van der Waals surface area contributed by atoms with Gasteiger partial charge >= 0.3 is 0 Å². The van der Waals surface area contributed by atoms with Crippen molar-refractivity contribution in [2.45, 2.75) is 54.6 Å². The average molecular weight is 489 g/mol. The molecule has 0 fully saturated rings. The molecular weight excluding hydrogens is 452 g/mol. The molecule has 36 heavy (non-hydrogen) atoms. The van der Waals surface area contributed by atoms with Crippen LogP contribution in [0.3, 0.4) is 0 Å². The van der Waals surface area contributed by atoms with Crippen molar-refractivity contribution in [2.75, 3.05) is 10.6 Å². The SMILES string of the molecule is C.CC(=O)Nc1cccc(Cn2cncc2C)c1.CC(=O)Nc1ccccc1CCn1cnc(C)c1. The first kappa shape index (κ1) is 28.0. The fraction of sp³-hybridized carbons (Fsp3) is 0.286. The Morgan fingerprint density at radius 3 is 2.33 bits per heavy atom. The summed E-state index contributed by atoms with van der Waals surface area (Å²) in [6.07, 6.45) is 8.35. The van der Waals surface area contributed by atoms with Crippen LogP contribution in [-0.2, 0) is 29.1 Å². The van der Waals surface area contributed by atoms with E-state index in [4.69, 9.17) is 0 Å². The third-order valence-electron chi connectivity index (χ3n) is 5.25. The maximum Gasteiger partial charge on any atom is 0.221 e. The zero-order valence-electron chi connectivity index (χ0n) is 20.7. The Labute approximate surface area is 213 Å². The van der Waals surface area contributed by atoms with Gasteiger partial charge in [0.05, 0.1) is 18.3 Å². The normalized spacial score (nSPS) is 10.0. The van der Waals surface area contributed by atoms with Crippen LogP contribution >= 0.6 is 0 Å². The van der Waals surface area contributed by atoms with Crippen LogP contribution in [0.2, 0.25) is 0 Å². The van der Waals surface area contributed by atoms with Crippen LogP contribution in [0.5, 0.6) is 0 Å².